The first-order valence-electron chi connectivity index (χ1n) is 6.55. The minimum atomic E-state index is -0.494. The van der Waals surface area contributed by atoms with Crippen LogP contribution in [0.1, 0.15) is 36.5 Å². The van der Waals surface area contributed by atoms with Gasteiger partial charge < -0.3 is 4.74 Å². The van der Waals surface area contributed by atoms with Crippen LogP contribution in [0.3, 0.4) is 0 Å². The average molecular weight is 272 g/mol. The summed E-state index contributed by atoms with van der Waals surface area (Å²) in [5, 5.41) is 0. The molecule has 0 saturated heterocycles. The summed E-state index contributed by atoms with van der Waals surface area (Å²) in [5.74, 6) is -0.494. The first kappa shape index (κ1) is 14.0. The van der Waals surface area contributed by atoms with Crippen molar-refractivity contribution >= 4 is 5.97 Å². The van der Waals surface area contributed by atoms with Crippen molar-refractivity contribution in [2.75, 3.05) is 6.61 Å². The molecule has 2 aromatic rings. The normalized spacial score (nSPS) is 10.3. The van der Waals surface area contributed by atoms with Crippen LogP contribution in [0.4, 0.5) is 0 Å². The van der Waals surface area contributed by atoms with Crippen molar-refractivity contribution in [1.29, 1.82) is 0 Å². The van der Waals surface area contributed by atoms with Gasteiger partial charge in [0.25, 0.3) is 0 Å². The third kappa shape index (κ3) is 3.14. The zero-order chi connectivity index (χ0) is 14.4. The lowest BCUT2D eigenvalue weighted by atomic mass is 10.1. The lowest BCUT2D eigenvalue weighted by Gasteiger charge is -2.07. The van der Waals surface area contributed by atoms with Crippen molar-refractivity contribution in [3.63, 3.8) is 0 Å². The van der Waals surface area contributed by atoms with Crippen LogP contribution in [0, 0.1) is 0 Å². The van der Waals surface area contributed by atoms with Crippen LogP contribution < -0.4 is 0 Å². The highest BCUT2D eigenvalue weighted by molar-refractivity contribution is 5.93. The molecule has 0 aromatic carbocycles. The Hall–Kier alpha value is -2.37. The molecule has 0 bridgehead atoms. The molecule has 2 heterocycles. The lowest BCUT2D eigenvalue weighted by Crippen LogP contribution is -2.10. The third-order valence-corrected chi connectivity index (χ3v) is 2.64. The van der Waals surface area contributed by atoms with E-state index < -0.39 is 5.97 Å². The molecule has 0 unspecified atom stereocenters. The molecule has 0 radical (unpaired) electrons. The predicted octanol–water partition coefficient (Wildman–Crippen LogP) is 2.06. The van der Waals surface area contributed by atoms with Crippen LogP contribution in [0.15, 0.2) is 24.8 Å². The van der Waals surface area contributed by atoms with Crippen LogP contribution >= 0.6 is 0 Å². The fourth-order valence-electron chi connectivity index (χ4n) is 1.79. The van der Waals surface area contributed by atoms with Gasteiger partial charge in [0, 0.05) is 18.1 Å². The number of hydrogen-bond acceptors (Lipinski definition) is 6. The van der Waals surface area contributed by atoms with Crippen LogP contribution in [-0.2, 0) is 11.2 Å². The molecule has 104 valence electrons. The SMILES string of the molecule is CCCc1cc(-c2nccnc2C(=O)OCC)ncn1. The maximum atomic E-state index is 11.9. The Morgan fingerprint density at radius 2 is 1.95 bits per heavy atom. The first-order valence-corrected chi connectivity index (χ1v) is 6.55. The number of rotatable bonds is 5. The minimum Gasteiger partial charge on any atom is -0.461 e. The number of aryl methyl sites for hydroxylation is 1. The molecule has 0 spiro atoms. The van der Waals surface area contributed by atoms with E-state index in [1.165, 1.54) is 18.7 Å². The van der Waals surface area contributed by atoms with E-state index in [0.29, 0.717) is 18.0 Å². The molecule has 0 aliphatic carbocycles. The number of ether oxygens (including phenoxy) is 1. The first-order chi connectivity index (χ1) is 9.76. The number of nitrogens with zero attached hydrogens (tertiary/aromatic N) is 4. The Bertz CT molecular complexity index is 601. The quantitative estimate of drug-likeness (QED) is 0.775. The summed E-state index contributed by atoms with van der Waals surface area (Å²) < 4.78 is 4.98. The fraction of sp³-hybridized carbons (Fsp3) is 0.357. The molecule has 0 aliphatic rings. The van der Waals surface area contributed by atoms with Crippen molar-refractivity contribution in [3.05, 3.63) is 36.2 Å². The number of carbonyl (C=O) groups excluding carboxylic acids is 1. The van der Waals surface area contributed by atoms with E-state index in [0.717, 1.165) is 18.5 Å². The molecule has 0 saturated carbocycles. The largest absolute Gasteiger partial charge is 0.461 e. The van der Waals surface area contributed by atoms with Gasteiger partial charge in [0.2, 0.25) is 0 Å². The van der Waals surface area contributed by atoms with Gasteiger partial charge in [0.1, 0.15) is 12.0 Å². The molecule has 2 aromatic heterocycles. The van der Waals surface area contributed by atoms with Crippen molar-refractivity contribution < 1.29 is 9.53 Å². The monoisotopic (exact) mass is 272 g/mol. The van der Waals surface area contributed by atoms with Crippen molar-refractivity contribution in [2.45, 2.75) is 26.7 Å². The molecular formula is C14H16N4O2. The van der Waals surface area contributed by atoms with E-state index in [-0.39, 0.29) is 5.69 Å². The Kier molecular flexibility index (Phi) is 4.70. The third-order valence-electron chi connectivity index (χ3n) is 2.64. The molecule has 0 fully saturated rings. The molecule has 0 amide bonds. The molecule has 0 atom stereocenters. The van der Waals surface area contributed by atoms with Crippen molar-refractivity contribution in [2.24, 2.45) is 0 Å². The van der Waals surface area contributed by atoms with Gasteiger partial charge in [-0.1, -0.05) is 13.3 Å². The van der Waals surface area contributed by atoms with Crippen molar-refractivity contribution in [1.82, 2.24) is 19.9 Å². The van der Waals surface area contributed by atoms with Gasteiger partial charge in [-0.3, -0.25) is 4.98 Å². The number of aromatic nitrogens is 4. The number of esters is 1. The summed E-state index contributed by atoms with van der Waals surface area (Å²) in [6.45, 7) is 4.12. The Labute approximate surface area is 117 Å². The van der Waals surface area contributed by atoms with Crippen LogP contribution in [-0.4, -0.2) is 32.5 Å². The Morgan fingerprint density at radius 1 is 1.15 bits per heavy atom. The van der Waals surface area contributed by atoms with Gasteiger partial charge >= 0.3 is 5.97 Å². The summed E-state index contributed by atoms with van der Waals surface area (Å²) in [7, 11) is 0. The molecule has 2 rings (SSSR count). The second-order valence-corrected chi connectivity index (χ2v) is 4.12. The van der Waals surface area contributed by atoms with E-state index in [2.05, 4.69) is 26.9 Å². The highest BCUT2D eigenvalue weighted by Gasteiger charge is 2.17. The van der Waals surface area contributed by atoms with E-state index in [4.69, 9.17) is 4.74 Å². The second kappa shape index (κ2) is 6.70. The maximum absolute atomic E-state index is 11.9. The predicted molar refractivity (Wildman–Crippen MR) is 73.0 cm³/mol. The van der Waals surface area contributed by atoms with Crippen molar-refractivity contribution in [3.8, 4) is 11.4 Å². The Balaban J connectivity index is 2.42. The summed E-state index contributed by atoms with van der Waals surface area (Å²) in [4.78, 5) is 28.5. The van der Waals surface area contributed by atoms with E-state index in [1.54, 1.807) is 6.92 Å². The summed E-state index contributed by atoms with van der Waals surface area (Å²) in [5.41, 5.74) is 2.10. The summed E-state index contributed by atoms with van der Waals surface area (Å²) in [6, 6.07) is 1.83. The molecule has 0 aliphatic heterocycles. The summed E-state index contributed by atoms with van der Waals surface area (Å²) in [6.07, 6.45) is 6.31. The van der Waals surface area contributed by atoms with Crippen LogP contribution in [0.2, 0.25) is 0 Å². The van der Waals surface area contributed by atoms with Crippen LogP contribution in [0.25, 0.3) is 11.4 Å². The van der Waals surface area contributed by atoms with Crippen LogP contribution in [0.5, 0.6) is 0 Å². The van der Waals surface area contributed by atoms with Gasteiger partial charge in [-0.15, -0.1) is 0 Å². The molecule has 6 heteroatoms. The number of hydrogen-bond donors (Lipinski definition) is 0. The average Bonchev–Trinajstić information content (AvgIpc) is 2.48. The van der Waals surface area contributed by atoms with E-state index >= 15 is 0 Å². The van der Waals surface area contributed by atoms with E-state index in [1.807, 2.05) is 6.07 Å². The highest BCUT2D eigenvalue weighted by Crippen LogP contribution is 2.18. The van der Waals surface area contributed by atoms with Gasteiger partial charge in [0.05, 0.1) is 12.3 Å². The molecule has 6 nitrogen and oxygen atoms in total. The minimum absolute atomic E-state index is 0.176. The van der Waals surface area contributed by atoms with E-state index in [9.17, 15) is 4.79 Å². The molecular weight excluding hydrogens is 256 g/mol. The second-order valence-electron chi connectivity index (χ2n) is 4.12. The fourth-order valence-corrected chi connectivity index (χ4v) is 1.79. The van der Waals surface area contributed by atoms with Gasteiger partial charge in [0.15, 0.2) is 5.69 Å². The number of carbonyl (C=O) groups is 1. The maximum Gasteiger partial charge on any atom is 0.359 e. The Morgan fingerprint density at radius 3 is 2.70 bits per heavy atom. The standard InChI is InChI=1S/C14H16N4O2/c1-3-5-10-8-11(18-9-17-10)12-13(14(19)20-4-2)16-7-6-15-12/h6-9H,3-5H2,1-2H3. The molecule has 20 heavy (non-hydrogen) atoms. The lowest BCUT2D eigenvalue weighted by molar-refractivity contribution is 0.0520. The topological polar surface area (TPSA) is 77.9 Å². The van der Waals surface area contributed by atoms with Gasteiger partial charge in [-0.2, -0.15) is 0 Å². The highest BCUT2D eigenvalue weighted by atomic mass is 16.5. The summed E-state index contributed by atoms with van der Waals surface area (Å²) >= 11 is 0. The zero-order valence-corrected chi connectivity index (χ0v) is 11.5. The smallest absolute Gasteiger partial charge is 0.359 e. The van der Waals surface area contributed by atoms with Gasteiger partial charge in [-0.05, 0) is 19.4 Å². The molecule has 0 N–H and O–H groups in total. The van der Waals surface area contributed by atoms with Gasteiger partial charge in [-0.25, -0.2) is 19.7 Å². The zero-order valence-electron chi connectivity index (χ0n) is 11.5.